The van der Waals surface area contributed by atoms with E-state index in [0.717, 1.165) is 16.6 Å². The number of nitrogens with zero attached hydrogens (tertiary/aromatic N) is 2. The van der Waals surface area contributed by atoms with Crippen molar-refractivity contribution in [3.63, 3.8) is 0 Å². The molecule has 0 saturated carbocycles. The number of fused-ring (bicyclic) bond motifs is 1. The summed E-state index contributed by atoms with van der Waals surface area (Å²) in [4.78, 5) is 0. The van der Waals surface area contributed by atoms with E-state index in [2.05, 4.69) is 5.10 Å². The maximum absolute atomic E-state index is 9.43. The fourth-order valence-electron chi connectivity index (χ4n) is 1.74. The summed E-state index contributed by atoms with van der Waals surface area (Å²) in [5, 5.41) is 14.9. The topological polar surface area (TPSA) is 64.1 Å². The van der Waals surface area contributed by atoms with Gasteiger partial charge in [-0.3, -0.25) is 4.68 Å². The Kier molecular flexibility index (Phi) is 2.36. The van der Waals surface area contributed by atoms with Gasteiger partial charge in [-0.1, -0.05) is 0 Å². The third-order valence-electron chi connectivity index (χ3n) is 2.38. The minimum absolute atomic E-state index is 0.0508. The van der Waals surface area contributed by atoms with Crippen LogP contribution >= 0.6 is 0 Å². The average Bonchev–Trinajstić information content (AvgIpc) is 2.42. The highest BCUT2D eigenvalue weighted by atomic mass is 16.3. The minimum atomic E-state index is 0.0508. The van der Waals surface area contributed by atoms with Crippen LogP contribution in [0.2, 0.25) is 0 Å². The second-order valence-electron chi connectivity index (χ2n) is 3.95. The molecule has 0 spiro atoms. The fraction of sp³-hybridized carbons (Fsp3) is 0.364. The molecule has 2 rings (SSSR count). The summed E-state index contributed by atoms with van der Waals surface area (Å²) in [6, 6.07) is 5.32. The molecule has 0 bridgehead atoms. The van der Waals surface area contributed by atoms with Crippen molar-refractivity contribution in [1.29, 1.82) is 0 Å². The van der Waals surface area contributed by atoms with E-state index in [0.29, 0.717) is 6.54 Å². The monoisotopic (exact) mass is 205 g/mol. The van der Waals surface area contributed by atoms with Crippen LogP contribution in [-0.4, -0.2) is 20.9 Å². The number of rotatable bonds is 2. The Labute approximate surface area is 88.3 Å². The molecule has 3 N–H and O–H groups in total. The molecule has 1 aromatic heterocycles. The molecule has 1 atom stereocenters. The molecule has 1 heterocycles. The Morgan fingerprint density at radius 2 is 2.27 bits per heavy atom. The third-order valence-corrected chi connectivity index (χ3v) is 2.38. The van der Waals surface area contributed by atoms with Crippen LogP contribution in [0.5, 0.6) is 5.75 Å². The van der Waals surface area contributed by atoms with Crippen molar-refractivity contribution in [1.82, 2.24) is 9.78 Å². The highest BCUT2D eigenvalue weighted by Crippen LogP contribution is 2.22. The summed E-state index contributed by atoms with van der Waals surface area (Å²) in [6.45, 7) is 4.55. The van der Waals surface area contributed by atoms with Gasteiger partial charge in [-0.25, -0.2) is 0 Å². The predicted molar refractivity (Wildman–Crippen MR) is 59.8 cm³/mol. The van der Waals surface area contributed by atoms with Gasteiger partial charge in [-0.05, 0) is 26.0 Å². The van der Waals surface area contributed by atoms with E-state index in [-0.39, 0.29) is 11.8 Å². The number of phenolic OH excluding ortho intramolecular Hbond substituents is 1. The van der Waals surface area contributed by atoms with Crippen molar-refractivity contribution in [2.45, 2.75) is 26.4 Å². The number of phenols is 1. The largest absolute Gasteiger partial charge is 0.508 e. The first-order chi connectivity index (χ1) is 7.08. The van der Waals surface area contributed by atoms with Gasteiger partial charge >= 0.3 is 0 Å². The summed E-state index contributed by atoms with van der Waals surface area (Å²) >= 11 is 0. The lowest BCUT2D eigenvalue weighted by Crippen LogP contribution is -2.22. The molecule has 0 aliphatic carbocycles. The Morgan fingerprint density at radius 3 is 2.93 bits per heavy atom. The lowest BCUT2D eigenvalue weighted by atomic mass is 10.2. The number of nitrogens with two attached hydrogens (primary N) is 1. The SMILES string of the molecule is Cc1nn(CC(C)N)c2cc(O)ccc12. The zero-order valence-corrected chi connectivity index (χ0v) is 8.94. The van der Waals surface area contributed by atoms with Crippen LogP contribution in [0.25, 0.3) is 10.9 Å². The number of hydrogen-bond acceptors (Lipinski definition) is 3. The predicted octanol–water partition coefficient (Wildman–Crippen LogP) is 1.40. The van der Waals surface area contributed by atoms with Crippen LogP contribution in [0.1, 0.15) is 12.6 Å². The second kappa shape index (κ2) is 3.55. The quantitative estimate of drug-likeness (QED) is 0.778. The van der Waals surface area contributed by atoms with E-state index < -0.39 is 0 Å². The molecule has 80 valence electrons. The molecule has 0 aliphatic rings. The van der Waals surface area contributed by atoms with Gasteiger partial charge < -0.3 is 10.8 Å². The van der Waals surface area contributed by atoms with Gasteiger partial charge in [0.2, 0.25) is 0 Å². The van der Waals surface area contributed by atoms with Crippen molar-refractivity contribution in [3.05, 3.63) is 23.9 Å². The molecule has 2 aromatic rings. The van der Waals surface area contributed by atoms with Gasteiger partial charge in [0.15, 0.2) is 0 Å². The first-order valence-electron chi connectivity index (χ1n) is 4.99. The zero-order chi connectivity index (χ0) is 11.0. The van der Waals surface area contributed by atoms with E-state index >= 15 is 0 Å². The Hall–Kier alpha value is -1.55. The number of hydrogen-bond donors (Lipinski definition) is 2. The average molecular weight is 205 g/mol. The van der Waals surface area contributed by atoms with Crippen molar-refractivity contribution in [2.24, 2.45) is 5.73 Å². The molecule has 4 heteroatoms. The van der Waals surface area contributed by atoms with E-state index in [1.54, 1.807) is 12.1 Å². The van der Waals surface area contributed by atoms with Crippen LogP contribution < -0.4 is 5.73 Å². The fourth-order valence-corrected chi connectivity index (χ4v) is 1.74. The van der Waals surface area contributed by atoms with Gasteiger partial charge in [0, 0.05) is 17.5 Å². The van der Waals surface area contributed by atoms with Crippen LogP contribution in [0.15, 0.2) is 18.2 Å². The summed E-state index contributed by atoms with van der Waals surface area (Å²) in [7, 11) is 0. The lowest BCUT2D eigenvalue weighted by molar-refractivity contribution is 0.475. The summed E-state index contributed by atoms with van der Waals surface area (Å²) in [6.07, 6.45) is 0. The normalized spacial score (nSPS) is 13.3. The van der Waals surface area contributed by atoms with Crippen LogP contribution in [-0.2, 0) is 6.54 Å². The Bertz CT molecular complexity index is 488. The van der Waals surface area contributed by atoms with Gasteiger partial charge in [0.05, 0.1) is 17.8 Å². The van der Waals surface area contributed by atoms with Crippen molar-refractivity contribution in [2.75, 3.05) is 0 Å². The highest BCUT2D eigenvalue weighted by molar-refractivity contribution is 5.83. The summed E-state index contributed by atoms with van der Waals surface area (Å²) in [5.41, 5.74) is 7.64. The number of benzene rings is 1. The summed E-state index contributed by atoms with van der Waals surface area (Å²) < 4.78 is 1.84. The Morgan fingerprint density at radius 1 is 1.53 bits per heavy atom. The molecule has 0 saturated heterocycles. The maximum atomic E-state index is 9.43. The third kappa shape index (κ3) is 1.80. The van der Waals surface area contributed by atoms with Crippen LogP contribution in [0, 0.1) is 6.92 Å². The van der Waals surface area contributed by atoms with Crippen molar-refractivity contribution < 1.29 is 5.11 Å². The van der Waals surface area contributed by atoms with E-state index in [1.807, 2.05) is 24.6 Å². The first-order valence-corrected chi connectivity index (χ1v) is 4.99. The smallest absolute Gasteiger partial charge is 0.117 e. The summed E-state index contributed by atoms with van der Waals surface area (Å²) in [5.74, 6) is 0.258. The van der Waals surface area contributed by atoms with Crippen molar-refractivity contribution in [3.8, 4) is 5.75 Å². The molecule has 0 fully saturated rings. The molecular weight excluding hydrogens is 190 g/mol. The molecule has 0 aliphatic heterocycles. The second-order valence-corrected chi connectivity index (χ2v) is 3.95. The zero-order valence-electron chi connectivity index (χ0n) is 8.94. The maximum Gasteiger partial charge on any atom is 0.117 e. The van der Waals surface area contributed by atoms with Gasteiger partial charge in [0.1, 0.15) is 5.75 Å². The standard InChI is InChI=1S/C11H15N3O/c1-7(12)6-14-11-5-9(15)3-4-10(11)8(2)13-14/h3-5,7,15H,6,12H2,1-2H3. The lowest BCUT2D eigenvalue weighted by Gasteiger charge is -2.06. The number of aromatic hydroxyl groups is 1. The highest BCUT2D eigenvalue weighted by Gasteiger charge is 2.08. The van der Waals surface area contributed by atoms with Crippen molar-refractivity contribution >= 4 is 10.9 Å². The Balaban J connectivity index is 2.59. The molecule has 15 heavy (non-hydrogen) atoms. The number of aryl methyl sites for hydroxylation is 1. The van der Waals surface area contributed by atoms with Gasteiger partial charge in [-0.2, -0.15) is 5.10 Å². The van der Waals surface area contributed by atoms with Gasteiger partial charge in [-0.15, -0.1) is 0 Å². The molecule has 0 radical (unpaired) electrons. The van der Waals surface area contributed by atoms with Crippen LogP contribution in [0.4, 0.5) is 0 Å². The minimum Gasteiger partial charge on any atom is -0.508 e. The van der Waals surface area contributed by atoms with Gasteiger partial charge in [0.25, 0.3) is 0 Å². The molecular formula is C11H15N3O. The molecule has 0 amide bonds. The van der Waals surface area contributed by atoms with E-state index in [9.17, 15) is 5.11 Å². The number of aromatic nitrogens is 2. The van der Waals surface area contributed by atoms with E-state index in [1.165, 1.54) is 0 Å². The van der Waals surface area contributed by atoms with E-state index in [4.69, 9.17) is 5.73 Å². The van der Waals surface area contributed by atoms with Crippen LogP contribution in [0.3, 0.4) is 0 Å². The molecule has 1 unspecified atom stereocenters. The first kappa shape index (κ1) is 9.98. The molecule has 1 aromatic carbocycles. The molecule has 4 nitrogen and oxygen atoms in total.